The van der Waals surface area contributed by atoms with Gasteiger partial charge in [-0.2, -0.15) is 0 Å². The molecule has 0 fully saturated rings. The largest absolute Gasteiger partial charge is 0.493 e. The van der Waals surface area contributed by atoms with Crippen molar-refractivity contribution >= 4 is 17.9 Å². The van der Waals surface area contributed by atoms with E-state index in [9.17, 15) is 9.59 Å². The summed E-state index contributed by atoms with van der Waals surface area (Å²) in [5.41, 5.74) is 0.289. The quantitative estimate of drug-likeness (QED) is 0.403. The molecule has 0 aliphatic heterocycles. The van der Waals surface area contributed by atoms with Gasteiger partial charge in [-0.25, -0.2) is 0 Å². The van der Waals surface area contributed by atoms with Crippen LogP contribution in [0.4, 0.5) is 0 Å². The fourth-order valence-electron chi connectivity index (χ4n) is 3.14. The third-order valence-electron chi connectivity index (χ3n) is 4.90. The Labute approximate surface area is 203 Å². The van der Waals surface area contributed by atoms with Crippen LogP contribution in [0.1, 0.15) is 23.0 Å². The summed E-state index contributed by atoms with van der Waals surface area (Å²) in [5.74, 6) is 1.42. The van der Waals surface area contributed by atoms with Crippen molar-refractivity contribution < 1.29 is 33.0 Å². The Bertz CT molecular complexity index is 1170. The molecule has 0 bridgehead atoms. The second-order valence-electron chi connectivity index (χ2n) is 7.43. The number of carbonyl (C=O) groups excluding carboxylic acids is 2. The number of nitrogens with one attached hydrogen (secondary N) is 2. The van der Waals surface area contributed by atoms with Gasteiger partial charge in [0.1, 0.15) is 18.1 Å². The highest BCUT2D eigenvalue weighted by Crippen LogP contribution is 2.28. The van der Waals surface area contributed by atoms with Crippen molar-refractivity contribution in [3.05, 3.63) is 77.9 Å². The smallest absolute Gasteiger partial charge is 0.268 e. The van der Waals surface area contributed by atoms with Crippen LogP contribution >= 0.6 is 0 Å². The first kappa shape index (κ1) is 25.2. The molecule has 2 aromatic carbocycles. The summed E-state index contributed by atoms with van der Waals surface area (Å²) < 4.78 is 26.9. The number of benzene rings is 2. The second kappa shape index (κ2) is 12.2. The van der Waals surface area contributed by atoms with E-state index in [1.54, 1.807) is 50.4 Å². The Hall–Kier alpha value is -4.40. The highest BCUT2D eigenvalue weighted by molar-refractivity contribution is 6.05. The van der Waals surface area contributed by atoms with Gasteiger partial charge in [-0.15, -0.1) is 0 Å². The third kappa shape index (κ3) is 6.80. The molecule has 9 nitrogen and oxygen atoms in total. The molecular formula is C26H28N2O7. The third-order valence-corrected chi connectivity index (χ3v) is 4.90. The molecule has 0 aliphatic carbocycles. The van der Waals surface area contributed by atoms with E-state index in [1.807, 2.05) is 12.1 Å². The average molecular weight is 481 g/mol. The lowest BCUT2D eigenvalue weighted by atomic mass is 10.1. The number of ether oxygens (including phenoxy) is 4. The predicted molar refractivity (Wildman–Crippen MR) is 130 cm³/mol. The summed E-state index contributed by atoms with van der Waals surface area (Å²) >= 11 is 0. The van der Waals surface area contributed by atoms with E-state index in [0.29, 0.717) is 28.8 Å². The van der Waals surface area contributed by atoms with E-state index in [2.05, 4.69) is 10.6 Å². The SMILES string of the molecule is COc1ccc(C(=O)N/C(=C\c2ccco2)C(=O)NC(C)COc2ccccc2OC)cc1OC. The molecule has 3 aromatic rings. The van der Waals surface area contributed by atoms with E-state index < -0.39 is 11.8 Å². The van der Waals surface area contributed by atoms with Gasteiger partial charge < -0.3 is 34.0 Å². The molecule has 1 aromatic heterocycles. The minimum absolute atomic E-state index is 0.00359. The van der Waals surface area contributed by atoms with Crippen molar-refractivity contribution in [1.29, 1.82) is 0 Å². The molecule has 3 rings (SSSR count). The number of para-hydroxylation sites is 2. The lowest BCUT2D eigenvalue weighted by Crippen LogP contribution is -2.41. The van der Waals surface area contributed by atoms with Crippen molar-refractivity contribution in [2.45, 2.75) is 13.0 Å². The highest BCUT2D eigenvalue weighted by atomic mass is 16.5. The monoisotopic (exact) mass is 480 g/mol. The zero-order valence-electron chi connectivity index (χ0n) is 20.0. The molecule has 1 atom stereocenters. The summed E-state index contributed by atoms with van der Waals surface area (Å²) in [6.45, 7) is 1.97. The number of rotatable bonds is 11. The van der Waals surface area contributed by atoms with Crippen molar-refractivity contribution in [2.24, 2.45) is 0 Å². The van der Waals surface area contributed by atoms with Gasteiger partial charge in [-0.1, -0.05) is 12.1 Å². The summed E-state index contributed by atoms with van der Waals surface area (Å²) in [5, 5.41) is 5.47. The van der Waals surface area contributed by atoms with Crippen molar-refractivity contribution in [3.63, 3.8) is 0 Å². The van der Waals surface area contributed by atoms with Gasteiger partial charge in [0.2, 0.25) is 0 Å². The molecule has 0 spiro atoms. The number of methoxy groups -OCH3 is 3. The molecule has 35 heavy (non-hydrogen) atoms. The molecule has 0 aliphatic rings. The minimum Gasteiger partial charge on any atom is -0.493 e. The first-order chi connectivity index (χ1) is 16.9. The number of hydrogen-bond donors (Lipinski definition) is 2. The van der Waals surface area contributed by atoms with Crippen molar-refractivity contribution in [1.82, 2.24) is 10.6 Å². The lowest BCUT2D eigenvalue weighted by Gasteiger charge is -2.18. The van der Waals surface area contributed by atoms with Gasteiger partial charge in [-0.05, 0) is 49.4 Å². The maximum Gasteiger partial charge on any atom is 0.268 e. The van der Waals surface area contributed by atoms with Gasteiger partial charge in [0.05, 0.1) is 33.6 Å². The summed E-state index contributed by atoms with van der Waals surface area (Å²) in [6, 6.07) is 14.9. The Morgan fingerprint density at radius 1 is 0.914 bits per heavy atom. The van der Waals surface area contributed by atoms with Crippen LogP contribution in [-0.2, 0) is 4.79 Å². The Morgan fingerprint density at radius 2 is 1.60 bits per heavy atom. The first-order valence-electron chi connectivity index (χ1n) is 10.8. The molecule has 1 heterocycles. The molecule has 9 heteroatoms. The highest BCUT2D eigenvalue weighted by Gasteiger charge is 2.19. The van der Waals surface area contributed by atoms with Gasteiger partial charge in [0.25, 0.3) is 11.8 Å². The van der Waals surface area contributed by atoms with Crippen LogP contribution in [0.5, 0.6) is 23.0 Å². The number of amides is 2. The van der Waals surface area contributed by atoms with Gasteiger partial charge in [0.15, 0.2) is 23.0 Å². The summed E-state index contributed by atoms with van der Waals surface area (Å²) in [4.78, 5) is 26.0. The standard InChI is InChI=1S/C26H28N2O7/c1-17(16-35-23-10-6-5-9-21(23)31-2)27-26(30)20(15-19-8-7-13-34-19)28-25(29)18-11-12-22(32-3)24(14-18)33-4/h5-15,17H,16H2,1-4H3,(H,27,30)(H,28,29)/b20-15-. The van der Waals surface area contributed by atoms with E-state index in [4.69, 9.17) is 23.4 Å². The van der Waals surface area contributed by atoms with Gasteiger partial charge >= 0.3 is 0 Å². The fourth-order valence-corrected chi connectivity index (χ4v) is 3.14. The normalized spacial score (nSPS) is 11.8. The van der Waals surface area contributed by atoms with E-state index in [-0.39, 0.29) is 23.9 Å². The maximum atomic E-state index is 13.0. The number of hydrogen-bond acceptors (Lipinski definition) is 7. The van der Waals surface area contributed by atoms with Crippen LogP contribution < -0.4 is 29.6 Å². The van der Waals surface area contributed by atoms with Crippen LogP contribution in [0.3, 0.4) is 0 Å². The van der Waals surface area contributed by atoms with Gasteiger partial charge in [-0.3, -0.25) is 9.59 Å². The van der Waals surface area contributed by atoms with Crippen molar-refractivity contribution in [3.8, 4) is 23.0 Å². The molecule has 0 saturated carbocycles. The fraction of sp³-hybridized carbons (Fsp3) is 0.231. The molecule has 2 N–H and O–H groups in total. The van der Waals surface area contributed by atoms with Crippen LogP contribution in [0.25, 0.3) is 6.08 Å². The zero-order chi connectivity index (χ0) is 25.2. The molecular weight excluding hydrogens is 452 g/mol. The van der Waals surface area contributed by atoms with Crippen LogP contribution in [-0.4, -0.2) is 45.8 Å². The molecule has 0 radical (unpaired) electrons. The van der Waals surface area contributed by atoms with E-state index in [0.717, 1.165) is 0 Å². The Balaban J connectivity index is 1.72. The Morgan fingerprint density at radius 3 is 2.26 bits per heavy atom. The van der Waals surface area contributed by atoms with Gasteiger partial charge in [0, 0.05) is 11.6 Å². The van der Waals surface area contributed by atoms with E-state index in [1.165, 1.54) is 32.6 Å². The topological polar surface area (TPSA) is 108 Å². The first-order valence-corrected chi connectivity index (χ1v) is 10.8. The van der Waals surface area contributed by atoms with Crippen molar-refractivity contribution in [2.75, 3.05) is 27.9 Å². The number of carbonyl (C=O) groups is 2. The minimum atomic E-state index is -0.508. The summed E-state index contributed by atoms with van der Waals surface area (Å²) in [7, 11) is 4.54. The van der Waals surface area contributed by atoms with E-state index >= 15 is 0 Å². The molecule has 184 valence electrons. The Kier molecular flexibility index (Phi) is 8.77. The van der Waals surface area contributed by atoms with Crippen LogP contribution in [0.15, 0.2) is 71.0 Å². The lowest BCUT2D eigenvalue weighted by molar-refractivity contribution is -0.118. The van der Waals surface area contributed by atoms with Crippen LogP contribution in [0, 0.1) is 0 Å². The molecule has 2 amide bonds. The maximum absolute atomic E-state index is 13.0. The zero-order valence-corrected chi connectivity index (χ0v) is 20.0. The molecule has 0 saturated heterocycles. The van der Waals surface area contributed by atoms with Crippen LogP contribution in [0.2, 0.25) is 0 Å². The second-order valence-corrected chi connectivity index (χ2v) is 7.43. The summed E-state index contributed by atoms with van der Waals surface area (Å²) in [6.07, 6.45) is 2.92. The predicted octanol–water partition coefficient (Wildman–Crippen LogP) is 3.66. The number of furan rings is 1. The average Bonchev–Trinajstić information content (AvgIpc) is 3.39. The molecule has 1 unspecified atom stereocenters.